The quantitative estimate of drug-likeness (QED) is 0.705. The lowest BCUT2D eigenvalue weighted by Gasteiger charge is -2.13. The van der Waals surface area contributed by atoms with E-state index in [0.717, 1.165) is 18.7 Å². The minimum absolute atomic E-state index is 0.0963. The summed E-state index contributed by atoms with van der Waals surface area (Å²) in [6.07, 6.45) is 4.24. The molecule has 0 bridgehead atoms. The number of likely N-dealkylation sites (tertiary alicyclic amines) is 1. The molecule has 0 spiro atoms. The highest BCUT2D eigenvalue weighted by atomic mass is 16.2. The second-order valence-electron chi connectivity index (χ2n) is 3.56. The Morgan fingerprint density at radius 3 is 3.07 bits per heavy atom. The molecule has 1 aliphatic heterocycles. The molecular weight excluding hydrogens is 180 g/mol. The number of hydrogen-bond donors (Lipinski definition) is 1. The number of rotatable bonds is 2. The number of imidazole rings is 1. The van der Waals surface area contributed by atoms with Crippen LogP contribution < -0.4 is 5.73 Å². The maximum absolute atomic E-state index is 11.7. The summed E-state index contributed by atoms with van der Waals surface area (Å²) in [5, 5.41) is 0. The van der Waals surface area contributed by atoms with Crippen LogP contribution in [0.2, 0.25) is 0 Å². The molecular formula is C9H14N4O. The molecule has 2 rings (SSSR count). The van der Waals surface area contributed by atoms with Crippen LogP contribution in [0.25, 0.3) is 0 Å². The average molecular weight is 194 g/mol. The van der Waals surface area contributed by atoms with Gasteiger partial charge in [-0.3, -0.25) is 4.79 Å². The predicted molar refractivity (Wildman–Crippen MR) is 51.4 cm³/mol. The Kier molecular flexibility index (Phi) is 2.25. The van der Waals surface area contributed by atoms with E-state index in [2.05, 4.69) is 4.98 Å². The molecule has 1 atom stereocenters. The normalized spacial score (nSPS) is 22.0. The number of likely N-dealkylation sites (N-methyl/N-ethyl adjacent to an activating group) is 1. The molecule has 0 aromatic carbocycles. The molecule has 14 heavy (non-hydrogen) atoms. The molecule has 0 aliphatic carbocycles. The Bertz CT molecular complexity index is 346. The van der Waals surface area contributed by atoms with Crippen molar-refractivity contribution in [3.63, 3.8) is 0 Å². The lowest BCUT2D eigenvalue weighted by molar-refractivity contribution is -0.129. The molecule has 1 saturated heterocycles. The number of aromatic nitrogens is 2. The van der Waals surface area contributed by atoms with Gasteiger partial charge in [0.05, 0.1) is 12.0 Å². The summed E-state index contributed by atoms with van der Waals surface area (Å²) in [6.45, 7) is 1.24. The fraction of sp³-hybridized carbons (Fsp3) is 0.556. The van der Waals surface area contributed by atoms with Gasteiger partial charge in [0.1, 0.15) is 6.04 Å². The van der Waals surface area contributed by atoms with Crippen molar-refractivity contribution in [2.45, 2.75) is 19.0 Å². The first kappa shape index (κ1) is 9.21. The molecule has 1 amide bonds. The van der Waals surface area contributed by atoms with Crippen molar-refractivity contribution < 1.29 is 4.79 Å². The van der Waals surface area contributed by atoms with E-state index < -0.39 is 0 Å². The number of nitrogens with zero attached hydrogens (tertiary/aromatic N) is 3. The fourth-order valence-electron chi connectivity index (χ4n) is 1.83. The van der Waals surface area contributed by atoms with E-state index in [1.807, 2.05) is 11.6 Å². The summed E-state index contributed by atoms with van der Waals surface area (Å²) < 4.78 is 1.88. The topological polar surface area (TPSA) is 64.2 Å². The number of hydrogen-bond acceptors (Lipinski definition) is 3. The van der Waals surface area contributed by atoms with Gasteiger partial charge in [-0.25, -0.2) is 4.98 Å². The number of nitrogens with two attached hydrogens (primary N) is 1. The number of carbonyl (C=O) groups excluding carboxylic acids is 1. The van der Waals surface area contributed by atoms with E-state index in [4.69, 9.17) is 5.73 Å². The molecule has 1 aromatic rings. The Morgan fingerprint density at radius 1 is 1.71 bits per heavy atom. The first-order chi connectivity index (χ1) is 6.74. The minimum Gasteiger partial charge on any atom is -0.344 e. The van der Waals surface area contributed by atoms with Crippen molar-refractivity contribution in [1.29, 1.82) is 0 Å². The Hall–Kier alpha value is -1.36. The molecule has 1 aromatic heterocycles. The third kappa shape index (κ3) is 1.29. The van der Waals surface area contributed by atoms with Crippen LogP contribution in [0, 0.1) is 0 Å². The van der Waals surface area contributed by atoms with Gasteiger partial charge >= 0.3 is 0 Å². The fourth-order valence-corrected chi connectivity index (χ4v) is 1.83. The van der Waals surface area contributed by atoms with Crippen LogP contribution in [0.1, 0.15) is 18.2 Å². The van der Waals surface area contributed by atoms with Gasteiger partial charge in [0.25, 0.3) is 0 Å². The van der Waals surface area contributed by atoms with E-state index in [1.165, 1.54) is 0 Å². The van der Waals surface area contributed by atoms with Crippen molar-refractivity contribution in [3.05, 3.63) is 18.2 Å². The summed E-state index contributed by atoms with van der Waals surface area (Å²) in [6, 6.07) is -0.0963. The van der Waals surface area contributed by atoms with Crippen LogP contribution in [0.5, 0.6) is 0 Å². The number of amides is 1. The molecule has 1 aliphatic rings. The maximum Gasteiger partial charge on any atom is 0.245 e. The molecule has 0 saturated carbocycles. The van der Waals surface area contributed by atoms with Crippen molar-refractivity contribution in [2.24, 2.45) is 5.73 Å². The molecule has 5 heteroatoms. The standard InChI is InChI=1S/C9H14N4O/c1-12-3-2-8(9(12)14)13-6-11-5-7(13)4-10/h5-6,8H,2-4,10H2,1H3. The highest BCUT2D eigenvalue weighted by Gasteiger charge is 2.31. The third-order valence-corrected chi connectivity index (χ3v) is 2.69. The van der Waals surface area contributed by atoms with Gasteiger partial charge in [-0.05, 0) is 6.42 Å². The summed E-state index contributed by atoms with van der Waals surface area (Å²) in [5.41, 5.74) is 6.47. The molecule has 0 radical (unpaired) electrons. The smallest absolute Gasteiger partial charge is 0.245 e. The van der Waals surface area contributed by atoms with E-state index in [9.17, 15) is 4.79 Å². The summed E-state index contributed by atoms with van der Waals surface area (Å²) in [5.74, 6) is 0.151. The van der Waals surface area contributed by atoms with Crippen LogP contribution in [0.3, 0.4) is 0 Å². The Balaban J connectivity index is 2.27. The van der Waals surface area contributed by atoms with E-state index in [-0.39, 0.29) is 11.9 Å². The summed E-state index contributed by atoms with van der Waals surface area (Å²) >= 11 is 0. The Morgan fingerprint density at radius 2 is 2.50 bits per heavy atom. The van der Waals surface area contributed by atoms with Crippen LogP contribution in [0.15, 0.2) is 12.5 Å². The monoisotopic (exact) mass is 194 g/mol. The van der Waals surface area contributed by atoms with Gasteiger partial charge in [0, 0.05) is 26.3 Å². The molecule has 5 nitrogen and oxygen atoms in total. The van der Waals surface area contributed by atoms with Crippen LogP contribution in [0.4, 0.5) is 0 Å². The first-order valence-corrected chi connectivity index (χ1v) is 4.69. The van der Waals surface area contributed by atoms with Gasteiger partial charge in [-0.15, -0.1) is 0 Å². The summed E-state index contributed by atoms with van der Waals surface area (Å²) in [7, 11) is 1.82. The van der Waals surface area contributed by atoms with E-state index in [1.54, 1.807) is 17.4 Å². The maximum atomic E-state index is 11.7. The van der Waals surface area contributed by atoms with Gasteiger partial charge < -0.3 is 15.2 Å². The lowest BCUT2D eigenvalue weighted by atomic mass is 10.2. The molecule has 1 unspecified atom stereocenters. The van der Waals surface area contributed by atoms with Crippen molar-refractivity contribution in [2.75, 3.05) is 13.6 Å². The zero-order valence-electron chi connectivity index (χ0n) is 8.18. The first-order valence-electron chi connectivity index (χ1n) is 4.69. The molecule has 1 fully saturated rings. The SMILES string of the molecule is CN1CCC(n2cncc2CN)C1=O. The number of carbonyl (C=O) groups is 1. The van der Waals surface area contributed by atoms with Crippen LogP contribution in [-0.4, -0.2) is 34.0 Å². The summed E-state index contributed by atoms with van der Waals surface area (Å²) in [4.78, 5) is 17.5. The van der Waals surface area contributed by atoms with Gasteiger partial charge in [0.15, 0.2) is 0 Å². The highest BCUT2D eigenvalue weighted by Crippen LogP contribution is 2.22. The molecule has 76 valence electrons. The van der Waals surface area contributed by atoms with E-state index >= 15 is 0 Å². The zero-order chi connectivity index (χ0) is 10.1. The van der Waals surface area contributed by atoms with Gasteiger partial charge in [0.2, 0.25) is 5.91 Å². The van der Waals surface area contributed by atoms with Crippen molar-refractivity contribution in [1.82, 2.24) is 14.5 Å². The van der Waals surface area contributed by atoms with Crippen molar-refractivity contribution >= 4 is 5.91 Å². The molecule has 2 heterocycles. The minimum atomic E-state index is -0.0963. The zero-order valence-corrected chi connectivity index (χ0v) is 8.18. The lowest BCUT2D eigenvalue weighted by Crippen LogP contribution is -2.25. The third-order valence-electron chi connectivity index (χ3n) is 2.69. The second-order valence-corrected chi connectivity index (χ2v) is 3.56. The largest absolute Gasteiger partial charge is 0.344 e. The second kappa shape index (κ2) is 3.42. The van der Waals surface area contributed by atoms with Gasteiger partial charge in [-0.1, -0.05) is 0 Å². The van der Waals surface area contributed by atoms with E-state index in [0.29, 0.717) is 6.54 Å². The predicted octanol–water partition coefficient (Wildman–Crippen LogP) is -0.255. The molecule has 2 N–H and O–H groups in total. The Labute approximate surface area is 82.5 Å². The van der Waals surface area contributed by atoms with Crippen LogP contribution in [-0.2, 0) is 11.3 Å². The van der Waals surface area contributed by atoms with Crippen LogP contribution >= 0.6 is 0 Å². The average Bonchev–Trinajstić information content (AvgIpc) is 2.75. The van der Waals surface area contributed by atoms with Crippen molar-refractivity contribution in [3.8, 4) is 0 Å². The van der Waals surface area contributed by atoms with Gasteiger partial charge in [-0.2, -0.15) is 0 Å². The highest BCUT2D eigenvalue weighted by molar-refractivity contribution is 5.82.